The second kappa shape index (κ2) is 12.0. The minimum atomic E-state index is -0.934. The van der Waals surface area contributed by atoms with Crippen molar-refractivity contribution in [1.82, 2.24) is 20.7 Å². The van der Waals surface area contributed by atoms with Crippen LogP contribution in [0.4, 0.5) is 4.79 Å². The van der Waals surface area contributed by atoms with Gasteiger partial charge in [0.15, 0.2) is 0 Å². The zero-order chi connectivity index (χ0) is 23.7. The van der Waals surface area contributed by atoms with E-state index in [1.807, 2.05) is 20.8 Å². The number of carboxylic acids is 1. The van der Waals surface area contributed by atoms with Gasteiger partial charge in [-0.2, -0.15) is 0 Å². The van der Waals surface area contributed by atoms with Gasteiger partial charge in [-0.25, -0.2) is 10.2 Å². The zero-order valence-electron chi connectivity index (χ0n) is 19.5. The first-order valence-electron chi connectivity index (χ1n) is 11.6. The Labute approximate surface area is 190 Å². The molecule has 0 aromatic carbocycles. The molecule has 1 atom stereocenters. The van der Waals surface area contributed by atoms with Gasteiger partial charge in [0.2, 0.25) is 11.8 Å². The molecule has 10 nitrogen and oxygen atoms in total. The van der Waals surface area contributed by atoms with Crippen LogP contribution in [0.25, 0.3) is 0 Å². The van der Waals surface area contributed by atoms with Gasteiger partial charge in [0, 0.05) is 39.1 Å². The van der Waals surface area contributed by atoms with E-state index in [0.29, 0.717) is 44.9 Å². The molecule has 2 rings (SSSR count). The highest BCUT2D eigenvalue weighted by Gasteiger charge is 2.30. The molecule has 0 spiro atoms. The minimum Gasteiger partial charge on any atom is -0.481 e. The molecule has 182 valence electrons. The first kappa shape index (κ1) is 25.9. The average Bonchev–Trinajstić information content (AvgIpc) is 2.74. The van der Waals surface area contributed by atoms with Crippen molar-refractivity contribution in [2.24, 2.45) is 11.8 Å². The Morgan fingerprint density at radius 2 is 1.69 bits per heavy atom. The second-order valence-electron chi connectivity index (χ2n) is 9.69. The maximum Gasteiger partial charge on any atom is 0.410 e. The lowest BCUT2D eigenvalue weighted by atomic mass is 9.91. The molecule has 0 aromatic rings. The molecule has 0 radical (unpaired) electrons. The summed E-state index contributed by atoms with van der Waals surface area (Å²) in [5, 5.41) is 8.63. The van der Waals surface area contributed by atoms with Gasteiger partial charge in [-0.1, -0.05) is 0 Å². The number of likely N-dealkylation sites (tertiary alicyclic amines) is 2. The third-order valence-corrected chi connectivity index (χ3v) is 5.85. The lowest BCUT2D eigenvalue weighted by Gasteiger charge is -2.34. The Morgan fingerprint density at radius 3 is 2.31 bits per heavy atom. The van der Waals surface area contributed by atoms with E-state index >= 15 is 0 Å². The Kier molecular flexibility index (Phi) is 9.74. The predicted molar refractivity (Wildman–Crippen MR) is 117 cm³/mol. The average molecular weight is 455 g/mol. The number of hydrogen-bond donors (Lipinski definition) is 3. The van der Waals surface area contributed by atoms with Crippen LogP contribution in [0.1, 0.15) is 65.7 Å². The van der Waals surface area contributed by atoms with E-state index in [2.05, 4.69) is 10.9 Å². The normalized spacial score (nSPS) is 20.0. The van der Waals surface area contributed by atoms with Crippen molar-refractivity contribution in [3.63, 3.8) is 0 Å². The highest BCUT2D eigenvalue weighted by Crippen LogP contribution is 2.25. The van der Waals surface area contributed by atoms with Crippen molar-refractivity contribution < 1.29 is 29.0 Å². The Bertz CT molecular complexity index is 670. The van der Waals surface area contributed by atoms with Crippen LogP contribution in [0, 0.1) is 11.8 Å². The van der Waals surface area contributed by atoms with Crippen LogP contribution >= 0.6 is 0 Å². The number of rotatable bonds is 8. The summed E-state index contributed by atoms with van der Waals surface area (Å²) in [6.45, 7) is 8.07. The van der Waals surface area contributed by atoms with E-state index in [1.54, 1.807) is 9.80 Å². The number of piperidine rings is 2. The Hall–Kier alpha value is -2.36. The fourth-order valence-electron chi connectivity index (χ4n) is 4.06. The number of carbonyl (C=O) groups is 4. The van der Waals surface area contributed by atoms with Crippen molar-refractivity contribution in [3.05, 3.63) is 0 Å². The molecule has 0 unspecified atom stereocenters. The summed E-state index contributed by atoms with van der Waals surface area (Å²) >= 11 is 0. The summed E-state index contributed by atoms with van der Waals surface area (Å²) in [5.41, 5.74) is 4.67. The van der Waals surface area contributed by atoms with Crippen LogP contribution in [0.5, 0.6) is 0 Å². The molecule has 2 fully saturated rings. The maximum absolute atomic E-state index is 12.7. The Morgan fingerprint density at radius 1 is 1.00 bits per heavy atom. The van der Waals surface area contributed by atoms with Gasteiger partial charge < -0.3 is 19.6 Å². The topological polar surface area (TPSA) is 128 Å². The lowest BCUT2D eigenvalue weighted by molar-refractivity contribution is -0.138. The quantitative estimate of drug-likeness (QED) is 0.376. The van der Waals surface area contributed by atoms with Gasteiger partial charge in [0.25, 0.3) is 0 Å². The van der Waals surface area contributed by atoms with Crippen LogP contribution in [-0.2, 0) is 19.1 Å². The maximum atomic E-state index is 12.7. The third-order valence-electron chi connectivity index (χ3n) is 5.85. The number of aliphatic carboxylic acids is 1. The molecule has 0 aromatic heterocycles. The van der Waals surface area contributed by atoms with Crippen LogP contribution in [-0.4, -0.2) is 77.1 Å². The lowest BCUT2D eigenvalue weighted by Crippen LogP contribution is -2.49. The summed E-state index contributed by atoms with van der Waals surface area (Å²) in [6, 6.07) is 0. The van der Waals surface area contributed by atoms with E-state index in [0.717, 1.165) is 25.7 Å². The summed E-state index contributed by atoms with van der Waals surface area (Å²) < 4.78 is 5.42. The van der Waals surface area contributed by atoms with E-state index in [1.165, 1.54) is 0 Å². The number of amides is 3. The molecular formula is C22H38N4O6. The van der Waals surface area contributed by atoms with Gasteiger partial charge in [0.05, 0.1) is 12.3 Å². The summed E-state index contributed by atoms with van der Waals surface area (Å²) in [6.07, 6.45) is 4.08. The standard InChI is InChI=1S/C22H38N4O6/c1-22(2,3)32-21(31)25-13-9-16(10-14-25)6-7-18(27)26-12-4-5-17(15-26)20(30)24-23-11-8-19(28)29/h16-17,23H,4-15H2,1-3H3,(H,24,30)(H,28,29)/t17-/m1/s1. The fraction of sp³-hybridized carbons (Fsp3) is 0.818. The number of ether oxygens (including phenoxy) is 1. The van der Waals surface area contributed by atoms with Crippen molar-refractivity contribution in [2.75, 3.05) is 32.7 Å². The molecule has 0 bridgehead atoms. The van der Waals surface area contributed by atoms with Gasteiger partial charge in [-0.3, -0.25) is 19.8 Å². The van der Waals surface area contributed by atoms with Crippen molar-refractivity contribution in [3.8, 4) is 0 Å². The Balaban J connectivity index is 1.68. The predicted octanol–water partition coefficient (Wildman–Crippen LogP) is 1.75. The van der Waals surface area contributed by atoms with Crippen molar-refractivity contribution in [2.45, 2.75) is 71.3 Å². The number of nitrogens with one attached hydrogen (secondary N) is 2. The molecule has 3 N–H and O–H groups in total. The molecule has 0 saturated carbocycles. The highest BCUT2D eigenvalue weighted by atomic mass is 16.6. The van der Waals surface area contributed by atoms with Crippen molar-refractivity contribution in [1.29, 1.82) is 0 Å². The van der Waals surface area contributed by atoms with E-state index in [9.17, 15) is 19.2 Å². The largest absolute Gasteiger partial charge is 0.481 e. The molecular weight excluding hydrogens is 416 g/mol. The summed E-state index contributed by atoms with van der Waals surface area (Å²) in [5.74, 6) is -0.961. The van der Waals surface area contributed by atoms with E-state index in [4.69, 9.17) is 9.84 Å². The van der Waals surface area contributed by atoms with Crippen molar-refractivity contribution >= 4 is 23.9 Å². The molecule has 32 heavy (non-hydrogen) atoms. The highest BCUT2D eigenvalue weighted by molar-refractivity contribution is 5.81. The van der Waals surface area contributed by atoms with Crippen LogP contribution in [0.15, 0.2) is 0 Å². The molecule has 2 aliphatic heterocycles. The third kappa shape index (κ3) is 9.02. The molecule has 2 saturated heterocycles. The molecule has 3 amide bonds. The number of carbonyl (C=O) groups excluding carboxylic acids is 3. The van der Waals surface area contributed by atoms with Gasteiger partial charge in [-0.15, -0.1) is 0 Å². The van der Waals surface area contributed by atoms with Crippen LogP contribution in [0.2, 0.25) is 0 Å². The summed E-state index contributed by atoms with van der Waals surface area (Å²) in [4.78, 5) is 51.2. The smallest absolute Gasteiger partial charge is 0.410 e. The van der Waals surface area contributed by atoms with Gasteiger partial charge in [-0.05, 0) is 58.8 Å². The van der Waals surface area contributed by atoms with E-state index < -0.39 is 11.6 Å². The number of nitrogens with zero attached hydrogens (tertiary/aromatic N) is 2. The van der Waals surface area contributed by atoms with Gasteiger partial charge in [0.1, 0.15) is 5.60 Å². The monoisotopic (exact) mass is 454 g/mol. The minimum absolute atomic E-state index is 0.0657. The number of carboxylic acid groups (broad SMARTS) is 1. The first-order valence-corrected chi connectivity index (χ1v) is 11.6. The molecule has 10 heteroatoms. The first-order chi connectivity index (χ1) is 15.0. The van der Waals surface area contributed by atoms with Crippen LogP contribution in [0.3, 0.4) is 0 Å². The summed E-state index contributed by atoms with van der Waals surface area (Å²) in [7, 11) is 0. The number of hydrogen-bond acceptors (Lipinski definition) is 6. The zero-order valence-corrected chi connectivity index (χ0v) is 19.5. The molecule has 2 aliphatic rings. The SMILES string of the molecule is CC(C)(C)OC(=O)N1CCC(CCC(=O)N2CCC[C@@H](C(=O)NNCCC(=O)O)C2)CC1. The number of hydrazine groups is 1. The second-order valence-corrected chi connectivity index (χ2v) is 9.69. The van der Waals surface area contributed by atoms with Crippen LogP contribution < -0.4 is 10.9 Å². The molecule has 0 aliphatic carbocycles. The molecule has 2 heterocycles. The van der Waals surface area contributed by atoms with E-state index in [-0.39, 0.29) is 36.8 Å². The fourth-order valence-corrected chi connectivity index (χ4v) is 4.06. The van der Waals surface area contributed by atoms with Gasteiger partial charge >= 0.3 is 12.1 Å².